The second-order valence-electron chi connectivity index (χ2n) is 6.02. The average Bonchev–Trinajstić information content (AvgIpc) is 2.67. The minimum Gasteiger partial charge on any atom is -0.342 e. The van der Waals surface area contributed by atoms with E-state index in [9.17, 15) is 10.1 Å². The van der Waals surface area contributed by atoms with E-state index in [1.807, 2.05) is 42.2 Å². The molecule has 0 atom stereocenters. The first-order chi connectivity index (χ1) is 12.2. The van der Waals surface area contributed by atoms with Crippen LogP contribution in [0.15, 0.2) is 35.4 Å². The fraction of sp³-hybridized carbons (Fsp3) is 0.368. The van der Waals surface area contributed by atoms with Gasteiger partial charge in [0.1, 0.15) is 16.7 Å². The first-order valence-electron chi connectivity index (χ1n) is 8.44. The second-order valence-corrected chi connectivity index (χ2v) is 6.98. The van der Waals surface area contributed by atoms with Gasteiger partial charge in [-0.3, -0.25) is 4.79 Å². The predicted molar refractivity (Wildman–Crippen MR) is 98.1 cm³/mol. The number of hydrogen-bond acceptors (Lipinski definition) is 5. The Morgan fingerprint density at radius 3 is 2.60 bits per heavy atom. The first kappa shape index (κ1) is 17.4. The maximum absolute atomic E-state index is 12.4. The lowest BCUT2D eigenvalue weighted by atomic mass is 10.1. The Balaban J connectivity index is 1.80. The summed E-state index contributed by atoms with van der Waals surface area (Å²) in [6.07, 6.45) is 3.34. The van der Waals surface area contributed by atoms with E-state index in [1.165, 1.54) is 18.2 Å². The van der Waals surface area contributed by atoms with Gasteiger partial charge >= 0.3 is 0 Å². The van der Waals surface area contributed by atoms with Crippen molar-refractivity contribution >= 4 is 17.7 Å². The Morgan fingerprint density at radius 1 is 1.20 bits per heavy atom. The fourth-order valence-electron chi connectivity index (χ4n) is 2.86. The van der Waals surface area contributed by atoms with Crippen molar-refractivity contribution in [1.29, 1.82) is 5.26 Å². The molecule has 0 aliphatic carbocycles. The summed E-state index contributed by atoms with van der Waals surface area (Å²) in [5.74, 6) is 1.01. The van der Waals surface area contributed by atoms with Crippen molar-refractivity contribution in [2.45, 2.75) is 31.2 Å². The van der Waals surface area contributed by atoms with Crippen LogP contribution in [0, 0.1) is 18.3 Å². The molecule has 1 aromatic heterocycles. The van der Waals surface area contributed by atoms with E-state index in [2.05, 4.69) is 16.0 Å². The highest BCUT2D eigenvalue weighted by atomic mass is 32.2. The van der Waals surface area contributed by atoms with E-state index in [0.717, 1.165) is 31.5 Å². The largest absolute Gasteiger partial charge is 0.342 e. The maximum Gasteiger partial charge on any atom is 0.232 e. The van der Waals surface area contributed by atoms with E-state index in [-0.39, 0.29) is 5.91 Å². The molecule has 0 radical (unpaired) electrons. The molecule has 1 saturated heterocycles. The number of aromatic nitrogens is 2. The maximum atomic E-state index is 12.4. The Kier molecular flexibility index (Phi) is 5.67. The molecule has 1 aliphatic rings. The summed E-state index contributed by atoms with van der Waals surface area (Å²) < 4.78 is 0. The highest BCUT2D eigenvalue weighted by Crippen LogP contribution is 2.26. The molecule has 0 N–H and O–H groups in total. The number of benzene rings is 1. The quantitative estimate of drug-likeness (QED) is 0.623. The van der Waals surface area contributed by atoms with Crippen molar-refractivity contribution in [2.24, 2.45) is 0 Å². The van der Waals surface area contributed by atoms with Crippen molar-refractivity contribution in [3.8, 4) is 17.5 Å². The number of likely N-dealkylation sites (tertiary alicyclic amines) is 1. The molecule has 2 heterocycles. The topological polar surface area (TPSA) is 69.9 Å². The molecule has 2 aromatic rings. The molecule has 128 valence electrons. The van der Waals surface area contributed by atoms with Gasteiger partial charge in [-0.25, -0.2) is 9.97 Å². The molecule has 1 fully saturated rings. The lowest BCUT2D eigenvalue weighted by Gasteiger charge is -2.26. The predicted octanol–water partition coefficient (Wildman–Crippen LogP) is 3.43. The van der Waals surface area contributed by atoms with Crippen LogP contribution in [0.1, 0.15) is 30.5 Å². The first-order valence-corrected chi connectivity index (χ1v) is 9.42. The molecule has 1 amide bonds. The van der Waals surface area contributed by atoms with E-state index >= 15 is 0 Å². The summed E-state index contributed by atoms with van der Waals surface area (Å²) in [7, 11) is 0. The lowest BCUT2D eigenvalue weighted by molar-refractivity contribution is -0.129. The number of carbonyl (C=O) groups excluding carboxylic acids is 1. The van der Waals surface area contributed by atoms with Crippen LogP contribution in [0.4, 0.5) is 0 Å². The molecule has 0 saturated carbocycles. The molecule has 25 heavy (non-hydrogen) atoms. The number of carbonyl (C=O) groups is 1. The molecule has 0 spiro atoms. The highest BCUT2D eigenvalue weighted by Gasteiger charge is 2.19. The molecule has 1 aliphatic heterocycles. The van der Waals surface area contributed by atoms with E-state index in [0.29, 0.717) is 27.9 Å². The average molecular weight is 352 g/mol. The van der Waals surface area contributed by atoms with Crippen molar-refractivity contribution < 1.29 is 4.79 Å². The number of nitrogens with zero attached hydrogens (tertiary/aromatic N) is 4. The minimum atomic E-state index is 0.117. The standard InChI is InChI=1S/C19H20N4OS/c1-14-16(12-20)19(22-18(21-14)15-8-4-2-5-9-15)25-13-17(24)23-10-6-3-7-11-23/h2,4-5,8-9H,3,6-7,10-11,13H2,1H3. The van der Waals surface area contributed by atoms with Gasteiger partial charge in [0.25, 0.3) is 0 Å². The Labute approximate surface area is 152 Å². The summed E-state index contributed by atoms with van der Waals surface area (Å²) in [5, 5.41) is 10.0. The van der Waals surface area contributed by atoms with E-state index in [1.54, 1.807) is 0 Å². The fourth-order valence-corrected chi connectivity index (χ4v) is 3.79. The summed E-state index contributed by atoms with van der Waals surface area (Å²) in [4.78, 5) is 23.3. The normalized spacial score (nSPS) is 14.2. The monoisotopic (exact) mass is 352 g/mol. The van der Waals surface area contributed by atoms with Crippen molar-refractivity contribution in [3.63, 3.8) is 0 Å². The summed E-state index contributed by atoms with van der Waals surface area (Å²) in [6.45, 7) is 3.48. The van der Waals surface area contributed by atoms with Crippen LogP contribution in [-0.4, -0.2) is 39.6 Å². The summed E-state index contributed by atoms with van der Waals surface area (Å²) >= 11 is 1.33. The second kappa shape index (κ2) is 8.13. The molecule has 6 heteroatoms. The van der Waals surface area contributed by atoms with Crippen molar-refractivity contribution in [2.75, 3.05) is 18.8 Å². The van der Waals surface area contributed by atoms with Crippen LogP contribution in [0.3, 0.4) is 0 Å². The minimum absolute atomic E-state index is 0.117. The summed E-state index contributed by atoms with van der Waals surface area (Å²) in [5.41, 5.74) is 2.00. The number of nitriles is 1. The Hall–Kier alpha value is -2.39. The van der Waals surface area contributed by atoms with Gasteiger partial charge in [-0.1, -0.05) is 42.1 Å². The highest BCUT2D eigenvalue weighted by molar-refractivity contribution is 8.00. The van der Waals surface area contributed by atoms with Crippen LogP contribution in [-0.2, 0) is 4.79 Å². The third-order valence-corrected chi connectivity index (χ3v) is 5.20. The number of aryl methyl sites for hydroxylation is 1. The van der Waals surface area contributed by atoms with E-state index < -0.39 is 0 Å². The van der Waals surface area contributed by atoms with Gasteiger partial charge in [0.05, 0.1) is 11.4 Å². The van der Waals surface area contributed by atoms with Crippen molar-refractivity contribution in [1.82, 2.24) is 14.9 Å². The molecule has 1 aromatic carbocycles. The van der Waals surface area contributed by atoms with Gasteiger partial charge < -0.3 is 4.90 Å². The summed E-state index contributed by atoms with van der Waals surface area (Å²) in [6, 6.07) is 11.8. The molecule has 3 rings (SSSR count). The van der Waals surface area contributed by atoms with Gasteiger partial charge in [0.2, 0.25) is 5.91 Å². The van der Waals surface area contributed by atoms with Gasteiger partial charge in [0, 0.05) is 18.7 Å². The number of rotatable bonds is 4. The lowest BCUT2D eigenvalue weighted by Crippen LogP contribution is -2.36. The van der Waals surface area contributed by atoms with Crippen molar-refractivity contribution in [3.05, 3.63) is 41.6 Å². The number of amides is 1. The number of hydrogen-bond donors (Lipinski definition) is 0. The molecular formula is C19H20N4OS. The van der Waals surface area contributed by atoms with Crippen LogP contribution in [0.5, 0.6) is 0 Å². The zero-order valence-corrected chi connectivity index (χ0v) is 15.1. The SMILES string of the molecule is Cc1nc(-c2ccccc2)nc(SCC(=O)N2CCCCC2)c1C#N. The van der Waals surface area contributed by atoms with Gasteiger partial charge in [-0.2, -0.15) is 5.26 Å². The molecular weight excluding hydrogens is 332 g/mol. The van der Waals surface area contributed by atoms with Gasteiger partial charge in [-0.15, -0.1) is 0 Å². The van der Waals surface area contributed by atoms with Gasteiger partial charge in [-0.05, 0) is 26.2 Å². The van der Waals surface area contributed by atoms with Gasteiger partial charge in [0.15, 0.2) is 5.82 Å². The van der Waals surface area contributed by atoms with Crippen LogP contribution in [0.2, 0.25) is 0 Å². The van der Waals surface area contributed by atoms with Crippen LogP contribution >= 0.6 is 11.8 Å². The Morgan fingerprint density at radius 2 is 1.92 bits per heavy atom. The smallest absolute Gasteiger partial charge is 0.232 e. The number of piperidine rings is 1. The third-order valence-electron chi connectivity index (χ3n) is 4.24. The molecule has 0 unspecified atom stereocenters. The Bertz CT molecular complexity index is 795. The van der Waals surface area contributed by atoms with E-state index in [4.69, 9.17) is 0 Å². The zero-order valence-electron chi connectivity index (χ0n) is 14.2. The zero-order chi connectivity index (χ0) is 17.6. The molecule has 0 bridgehead atoms. The van der Waals surface area contributed by atoms with Crippen LogP contribution < -0.4 is 0 Å². The molecule has 5 nitrogen and oxygen atoms in total. The van der Waals surface area contributed by atoms with Crippen LogP contribution in [0.25, 0.3) is 11.4 Å². The third kappa shape index (κ3) is 4.18. The number of thioether (sulfide) groups is 1.